The Bertz CT molecular complexity index is 428. The third-order valence-electron chi connectivity index (χ3n) is 3.97. The van der Waals surface area contributed by atoms with Gasteiger partial charge in [-0.2, -0.15) is 5.26 Å². The molecule has 2 heterocycles. The van der Waals surface area contributed by atoms with Crippen LogP contribution in [0.1, 0.15) is 46.6 Å². The second-order valence-electron chi connectivity index (χ2n) is 5.62. The number of nitrogens with zero attached hydrogens (tertiary/aromatic N) is 3. The Kier molecular flexibility index (Phi) is 5.35. The van der Waals surface area contributed by atoms with E-state index in [9.17, 15) is 0 Å². The first-order valence-electron chi connectivity index (χ1n) is 7.14. The van der Waals surface area contributed by atoms with E-state index in [0.29, 0.717) is 11.0 Å². The van der Waals surface area contributed by atoms with Gasteiger partial charge in [-0.3, -0.25) is 0 Å². The van der Waals surface area contributed by atoms with Crippen molar-refractivity contribution in [2.24, 2.45) is 11.3 Å². The third kappa shape index (κ3) is 3.70. The SMILES string of the molecule is CC.CC1CCN(c2ccc(C#N)cn2)CC1(C)C. The first-order chi connectivity index (χ1) is 9.03. The van der Waals surface area contributed by atoms with Crippen LogP contribution in [0.25, 0.3) is 0 Å². The van der Waals surface area contributed by atoms with Crippen molar-refractivity contribution in [2.45, 2.75) is 41.0 Å². The lowest BCUT2D eigenvalue weighted by Gasteiger charge is -2.43. The summed E-state index contributed by atoms with van der Waals surface area (Å²) in [5.74, 6) is 1.74. The van der Waals surface area contributed by atoms with Crippen LogP contribution in [0.15, 0.2) is 18.3 Å². The highest BCUT2D eigenvalue weighted by atomic mass is 15.2. The molecule has 104 valence electrons. The summed E-state index contributed by atoms with van der Waals surface area (Å²) in [6.45, 7) is 13.0. The third-order valence-corrected chi connectivity index (χ3v) is 3.97. The highest BCUT2D eigenvalue weighted by Gasteiger charge is 2.33. The number of nitriles is 1. The Morgan fingerprint density at radius 1 is 1.37 bits per heavy atom. The number of piperidine rings is 1. The van der Waals surface area contributed by atoms with Crippen molar-refractivity contribution < 1.29 is 0 Å². The number of hydrogen-bond acceptors (Lipinski definition) is 3. The molecular formula is C16H25N3. The molecule has 0 N–H and O–H groups in total. The summed E-state index contributed by atoms with van der Waals surface area (Å²) < 4.78 is 0. The van der Waals surface area contributed by atoms with Crippen molar-refractivity contribution in [1.29, 1.82) is 5.26 Å². The molecule has 1 aliphatic heterocycles. The van der Waals surface area contributed by atoms with Gasteiger partial charge in [-0.25, -0.2) is 4.98 Å². The number of anilines is 1. The Labute approximate surface area is 117 Å². The van der Waals surface area contributed by atoms with Crippen LogP contribution >= 0.6 is 0 Å². The number of pyridine rings is 1. The summed E-state index contributed by atoms with van der Waals surface area (Å²) in [5.41, 5.74) is 0.951. The molecule has 1 fully saturated rings. The Balaban J connectivity index is 0.000000861. The van der Waals surface area contributed by atoms with Gasteiger partial charge in [-0.15, -0.1) is 0 Å². The van der Waals surface area contributed by atoms with Gasteiger partial charge in [0.05, 0.1) is 5.56 Å². The molecule has 0 saturated carbocycles. The summed E-state index contributed by atoms with van der Waals surface area (Å²) in [6, 6.07) is 5.89. The largest absolute Gasteiger partial charge is 0.356 e. The molecule has 1 unspecified atom stereocenters. The van der Waals surface area contributed by atoms with Crippen molar-refractivity contribution in [3.05, 3.63) is 23.9 Å². The molecular weight excluding hydrogens is 234 g/mol. The second-order valence-corrected chi connectivity index (χ2v) is 5.62. The lowest BCUT2D eigenvalue weighted by Crippen LogP contribution is -2.45. The first kappa shape index (κ1) is 15.5. The average Bonchev–Trinajstić information content (AvgIpc) is 2.44. The fraction of sp³-hybridized carbons (Fsp3) is 0.625. The summed E-state index contributed by atoms with van der Waals surface area (Å²) in [6.07, 6.45) is 2.86. The van der Waals surface area contributed by atoms with Gasteiger partial charge >= 0.3 is 0 Å². The minimum absolute atomic E-state index is 0.327. The van der Waals surface area contributed by atoms with Gasteiger partial charge in [-0.05, 0) is 29.9 Å². The molecule has 1 atom stereocenters. The van der Waals surface area contributed by atoms with Crippen molar-refractivity contribution in [2.75, 3.05) is 18.0 Å². The molecule has 1 aromatic heterocycles. The second kappa shape index (κ2) is 6.56. The van der Waals surface area contributed by atoms with Gasteiger partial charge in [0, 0.05) is 19.3 Å². The van der Waals surface area contributed by atoms with Gasteiger partial charge in [0.15, 0.2) is 0 Å². The van der Waals surface area contributed by atoms with E-state index in [1.165, 1.54) is 6.42 Å². The van der Waals surface area contributed by atoms with Crippen LogP contribution in [-0.2, 0) is 0 Å². The van der Waals surface area contributed by atoms with Crippen molar-refractivity contribution in [1.82, 2.24) is 4.98 Å². The van der Waals surface area contributed by atoms with Crippen molar-refractivity contribution >= 4 is 5.82 Å². The predicted molar refractivity (Wildman–Crippen MR) is 80.1 cm³/mol. The molecule has 3 nitrogen and oxygen atoms in total. The van der Waals surface area contributed by atoms with Crippen molar-refractivity contribution in [3.63, 3.8) is 0 Å². The quantitative estimate of drug-likeness (QED) is 0.769. The molecule has 0 aliphatic carbocycles. The maximum absolute atomic E-state index is 8.75. The molecule has 0 radical (unpaired) electrons. The van der Waals surface area contributed by atoms with Crippen LogP contribution in [0.4, 0.5) is 5.82 Å². The minimum atomic E-state index is 0.327. The van der Waals surface area contributed by atoms with Crippen LogP contribution in [0, 0.1) is 22.7 Å². The molecule has 3 heteroatoms. The smallest absolute Gasteiger partial charge is 0.128 e. The van der Waals surface area contributed by atoms with Gasteiger partial charge in [0.2, 0.25) is 0 Å². The monoisotopic (exact) mass is 259 g/mol. The van der Waals surface area contributed by atoms with E-state index in [0.717, 1.165) is 24.8 Å². The highest BCUT2D eigenvalue weighted by molar-refractivity contribution is 5.42. The van der Waals surface area contributed by atoms with E-state index in [1.807, 2.05) is 26.0 Å². The maximum atomic E-state index is 8.75. The zero-order valence-corrected chi connectivity index (χ0v) is 12.8. The Morgan fingerprint density at radius 3 is 2.53 bits per heavy atom. The normalized spacial score (nSPS) is 21.1. The average molecular weight is 259 g/mol. The van der Waals surface area contributed by atoms with E-state index in [1.54, 1.807) is 6.20 Å². The van der Waals surface area contributed by atoms with Crippen LogP contribution < -0.4 is 4.90 Å². The fourth-order valence-corrected chi connectivity index (χ4v) is 2.30. The summed E-state index contributed by atoms with van der Waals surface area (Å²) in [7, 11) is 0. The predicted octanol–water partition coefficient (Wildman–Crippen LogP) is 3.85. The topological polar surface area (TPSA) is 39.9 Å². The number of aromatic nitrogens is 1. The zero-order chi connectivity index (χ0) is 14.5. The Hall–Kier alpha value is -1.56. The van der Waals surface area contributed by atoms with Crippen LogP contribution in [0.2, 0.25) is 0 Å². The summed E-state index contributed by atoms with van der Waals surface area (Å²) in [4.78, 5) is 6.69. The Morgan fingerprint density at radius 2 is 2.05 bits per heavy atom. The highest BCUT2D eigenvalue weighted by Crippen LogP contribution is 2.35. The molecule has 2 rings (SSSR count). The van der Waals surface area contributed by atoms with Gasteiger partial charge in [-0.1, -0.05) is 34.6 Å². The molecule has 0 aromatic carbocycles. The summed E-state index contributed by atoms with van der Waals surface area (Å²) in [5, 5.41) is 8.75. The number of hydrogen-bond donors (Lipinski definition) is 0. The zero-order valence-electron chi connectivity index (χ0n) is 12.8. The molecule has 0 amide bonds. The van der Waals surface area contributed by atoms with E-state index in [-0.39, 0.29) is 0 Å². The van der Waals surface area contributed by atoms with Gasteiger partial charge in [0.25, 0.3) is 0 Å². The van der Waals surface area contributed by atoms with Crippen LogP contribution in [-0.4, -0.2) is 18.1 Å². The summed E-state index contributed by atoms with van der Waals surface area (Å²) >= 11 is 0. The maximum Gasteiger partial charge on any atom is 0.128 e. The van der Waals surface area contributed by atoms with Crippen LogP contribution in [0.5, 0.6) is 0 Å². The van der Waals surface area contributed by atoms with E-state index in [4.69, 9.17) is 5.26 Å². The van der Waals surface area contributed by atoms with E-state index < -0.39 is 0 Å². The molecule has 0 bridgehead atoms. The first-order valence-corrected chi connectivity index (χ1v) is 7.14. The molecule has 19 heavy (non-hydrogen) atoms. The lowest BCUT2D eigenvalue weighted by molar-refractivity contribution is 0.193. The minimum Gasteiger partial charge on any atom is -0.356 e. The number of rotatable bonds is 1. The molecule has 1 aromatic rings. The van der Waals surface area contributed by atoms with Crippen molar-refractivity contribution in [3.8, 4) is 6.07 Å². The molecule has 0 spiro atoms. The van der Waals surface area contributed by atoms with E-state index in [2.05, 4.69) is 36.7 Å². The van der Waals surface area contributed by atoms with E-state index >= 15 is 0 Å². The van der Waals surface area contributed by atoms with Gasteiger partial charge in [0.1, 0.15) is 11.9 Å². The lowest BCUT2D eigenvalue weighted by atomic mass is 9.75. The fourth-order valence-electron chi connectivity index (χ4n) is 2.30. The van der Waals surface area contributed by atoms with Crippen LogP contribution in [0.3, 0.4) is 0 Å². The molecule has 1 saturated heterocycles. The standard InChI is InChI=1S/C14H19N3.C2H6/c1-11-6-7-17(10-14(11,2)3)13-5-4-12(8-15)9-16-13;1-2/h4-5,9,11H,6-7,10H2,1-3H3;1-2H3. The molecule has 1 aliphatic rings. The van der Waals surface area contributed by atoms with Gasteiger partial charge < -0.3 is 4.90 Å².